The normalized spacial score (nSPS) is 13.4. The number of carbonyl (C=O) groups excluding carboxylic acids is 1. The predicted molar refractivity (Wildman–Crippen MR) is 120 cm³/mol. The zero-order chi connectivity index (χ0) is 22.1. The highest BCUT2D eigenvalue weighted by molar-refractivity contribution is 5.86. The molecule has 7 heteroatoms. The van der Waals surface area contributed by atoms with Gasteiger partial charge in [0.15, 0.2) is 5.65 Å². The average Bonchev–Trinajstić information content (AvgIpc) is 3.08. The molecule has 0 radical (unpaired) electrons. The maximum absolute atomic E-state index is 13.0. The van der Waals surface area contributed by atoms with Gasteiger partial charge in [-0.15, -0.1) is 5.10 Å². The van der Waals surface area contributed by atoms with Crippen LogP contribution in [0.15, 0.2) is 18.2 Å². The van der Waals surface area contributed by atoms with E-state index in [4.69, 9.17) is 14.5 Å². The van der Waals surface area contributed by atoms with Crippen LogP contribution in [0.2, 0.25) is 0 Å². The number of rotatable bonds is 6. The summed E-state index contributed by atoms with van der Waals surface area (Å²) in [7, 11) is 3.49. The van der Waals surface area contributed by atoms with Gasteiger partial charge >= 0.3 is 0 Å². The van der Waals surface area contributed by atoms with Gasteiger partial charge in [-0.3, -0.25) is 4.79 Å². The molecule has 0 unspecified atom stereocenters. The van der Waals surface area contributed by atoms with Gasteiger partial charge in [-0.2, -0.15) is 0 Å². The Morgan fingerprint density at radius 1 is 1.23 bits per heavy atom. The highest BCUT2D eigenvalue weighted by Crippen LogP contribution is 2.31. The summed E-state index contributed by atoms with van der Waals surface area (Å²) in [4.78, 5) is 19.7. The molecule has 164 valence electrons. The topological polar surface area (TPSA) is 69.5 Å². The first-order chi connectivity index (χ1) is 14.9. The van der Waals surface area contributed by atoms with Crippen molar-refractivity contribution in [2.45, 2.75) is 46.6 Å². The molecule has 1 amide bonds. The Balaban J connectivity index is 1.50. The van der Waals surface area contributed by atoms with E-state index in [9.17, 15) is 4.79 Å². The number of carbonyl (C=O) groups is 1. The Kier molecular flexibility index (Phi) is 5.85. The summed E-state index contributed by atoms with van der Waals surface area (Å²) in [6.07, 6.45) is 1.99. The van der Waals surface area contributed by atoms with Gasteiger partial charge in [0, 0.05) is 32.3 Å². The lowest BCUT2D eigenvalue weighted by molar-refractivity contribution is -0.132. The number of ether oxygens (including phenoxy) is 2. The molecule has 2 aromatic heterocycles. The van der Waals surface area contributed by atoms with Crippen molar-refractivity contribution in [3.63, 3.8) is 0 Å². The molecule has 4 rings (SSSR count). The average molecular weight is 423 g/mol. The van der Waals surface area contributed by atoms with E-state index in [0.29, 0.717) is 31.9 Å². The smallest absolute Gasteiger partial charge is 0.242 e. The van der Waals surface area contributed by atoms with Crippen LogP contribution < -0.4 is 9.47 Å². The van der Waals surface area contributed by atoms with Gasteiger partial charge < -0.3 is 14.4 Å². The molecule has 7 nitrogen and oxygen atoms in total. The van der Waals surface area contributed by atoms with E-state index in [0.717, 1.165) is 46.6 Å². The van der Waals surface area contributed by atoms with Gasteiger partial charge in [0.1, 0.15) is 5.75 Å². The van der Waals surface area contributed by atoms with Gasteiger partial charge in [-0.25, -0.2) is 9.67 Å². The predicted octanol–water partition coefficient (Wildman–Crippen LogP) is 3.51. The van der Waals surface area contributed by atoms with Crippen LogP contribution in [0.5, 0.6) is 11.6 Å². The second-order valence-electron chi connectivity index (χ2n) is 8.06. The Hall–Kier alpha value is -3.09. The second kappa shape index (κ2) is 8.57. The summed E-state index contributed by atoms with van der Waals surface area (Å²) in [6, 6.07) is 6.21. The molecule has 3 aromatic rings. The van der Waals surface area contributed by atoms with Crippen molar-refractivity contribution in [1.29, 1.82) is 0 Å². The molecule has 0 saturated carbocycles. The first kappa shape index (κ1) is 21.2. The monoisotopic (exact) mass is 422 g/mol. The number of amides is 1. The number of pyridine rings is 1. The highest BCUT2D eigenvalue weighted by Gasteiger charge is 2.23. The fourth-order valence-corrected chi connectivity index (χ4v) is 4.50. The molecule has 0 atom stereocenters. The Bertz CT molecular complexity index is 1140. The molecule has 0 spiro atoms. The lowest BCUT2D eigenvalue weighted by atomic mass is 9.97. The molecule has 0 aliphatic carbocycles. The first-order valence-corrected chi connectivity index (χ1v) is 10.8. The van der Waals surface area contributed by atoms with Crippen molar-refractivity contribution in [2.24, 2.45) is 7.05 Å². The summed E-state index contributed by atoms with van der Waals surface area (Å²) in [5, 5.41) is 5.33. The number of fused-ring (bicyclic) bond motifs is 2. The fourth-order valence-electron chi connectivity index (χ4n) is 4.50. The van der Waals surface area contributed by atoms with Crippen molar-refractivity contribution in [1.82, 2.24) is 19.7 Å². The van der Waals surface area contributed by atoms with Crippen molar-refractivity contribution < 1.29 is 14.3 Å². The molecule has 1 aliphatic rings. The van der Waals surface area contributed by atoms with Crippen LogP contribution in [-0.2, 0) is 31.2 Å². The largest absolute Gasteiger partial charge is 0.494 e. The standard InChI is InChI=1S/C24H30N4O3/c1-6-31-19-8-7-17-11-12-28(14-18(17)13-19)21(29)10-9-20-15(2)22-23(25-16(20)3)27(4)26-24(22)30-5/h7-8,13H,6,9-12,14H2,1-5H3. The third kappa shape index (κ3) is 3.96. The van der Waals surface area contributed by atoms with Crippen LogP contribution in [-0.4, -0.2) is 45.8 Å². The molecule has 1 aliphatic heterocycles. The minimum Gasteiger partial charge on any atom is -0.494 e. The van der Waals surface area contributed by atoms with Crippen molar-refractivity contribution in [3.8, 4) is 11.6 Å². The van der Waals surface area contributed by atoms with E-state index < -0.39 is 0 Å². The number of hydrogen-bond donors (Lipinski definition) is 0. The van der Waals surface area contributed by atoms with Crippen molar-refractivity contribution in [2.75, 3.05) is 20.3 Å². The van der Waals surface area contributed by atoms with Crippen LogP contribution >= 0.6 is 0 Å². The number of nitrogens with zero attached hydrogens (tertiary/aromatic N) is 4. The molecule has 0 bridgehead atoms. The van der Waals surface area contributed by atoms with E-state index in [-0.39, 0.29) is 5.91 Å². The molecule has 31 heavy (non-hydrogen) atoms. The molecular formula is C24H30N4O3. The fraction of sp³-hybridized carbons (Fsp3) is 0.458. The third-order valence-electron chi connectivity index (χ3n) is 6.16. The number of methoxy groups -OCH3 is 1. The SMILES string of the molecule is CCOc1ccc2c(c1)CN(C(=O)CCc1c(C)nc3c(c(OC)nn3C)c1C)CC2. The number of aromatic nitrogens is 3. The Morgan fingerprint density at radius 3 is 2.77 bits per heavy atom. The van der Waals surface area contributed by atoms with Gasteiger partial charge in [0.2, 0.25) is 11.8 Å². The molecule has 0 saturated heterocycles. The van der Waals surface area contributed by atoms with Crippen LogP contribution in [0.4, 0.5) is 0 Å². The zero-order valence-corrected chi connectivity index (χ0v) is 19.0. The van der Waals surface area contributed by atoms with E-state index in [1.807, 2.05) is 31.9 Å². The lowest BCUT2D eigenvalue weighted by Crippen LogP contribution is -2.36. The Morgan fingerprint density at radius 2 is 2.03 bits per heavy atom. The lowest BCUT2D eigenvalue weighted by Gasteiger charge is -2.29. The summed E-state index contributed by atoms with van der Waals surface area (Å²) in [5.41, 5.74) is 6.42. The molecular weight excluding hydrogens is 392 g/mol. The van der Waals surface area contributed by atoms with Crippen LogP contribution in [0.3, 0.4) is 0 Å². The molecule has 1 aromatic carbocycles. The number of benzene rings is 1. The van der Waals surface area contributed by atoms with E-state index in [2.05, 4.69) is 24.2 Å². The van der Waals surface area contributed by atoms with Crippen molar-refractivity contribution >= 4 is 16.9 Å². The van der Waals surface area contributed by atoms with E-state index in [1.165, 1.54) is 11.1 Å². The van der Waals surface area contributed by atoms with E-state index in [1.54, 1.807) is 11.8 Å². The summed E-state index contributed by atoms with van der Waals surface area (Å²) in [6.45, 7) is 8.07. The van der Waals surface area contributed by atoms with Crippen LogP contribution in [0.1, 0.15) is 41.3 Å². The quantitative estimate of drug-likeness (QED) is 0.608. The second-order valence-corrected chi connectivity index (χ2v) is 8.06. The summed E-state index contributed by atoms with van der Waals surface area (Å²) < 4.78 is 12.8. The molecule has 3 heterocycles. The summed E-state index contributed by atoms with van der Waals surface area (Å²) >= 11 is 0. The van der Waals surface area contributed by atoms with Gasteiger partial charge in [-0.05, 0) is 68.0 Å². The first-order valence-electron chi connectivity index (χ1n) is 10.8. The third-order valence-corrected chi connectivity index (χ3v) is 6.16. The highest BCUT2D eigenvalue weighted by atomic mass is 16.5. The minimum absolute atomic E-state index is 0.171. The summed E-state index contributed by atoms with van der Waals surface area (Å²) in [5.74, 6) is 1.61. The number of hydrogen-bond acceptors (Lipinski definition) is 5. The molecule has 0 N–H and O–H groups in total. The maximum atomic E-state index is 13.0. The maximum Gasteiger partial charge on any atom is 0.242 e. The van der Waals surface area contributed by atoms with Crippen LogP contribution in [0, 0.1) is 13.8 Å². The molecule has 0 fully saturated rings. The van der Waals surface area contributed by atoms with E-state index >= 15 is 0 Å². The zero-order valence-electron chi connectivity index (χ0n) is 19.0. The van der Waals surface area contributed by atoms with Crippen molar-refractivity contribution in [3.05, 3.63) is 46.1 Å². The van der Waals surface area contributed by atoms with Gasteiger partial charge in [0.05, 0.1) is 19.1 Å². The number of aryl methyl sites for hydroxylation is 3. The van der Waals surface area contributed by atoms with Gasteiger partial charge in [0.25, 0.3) is 0 Å². The van der Waals surface area contributed by atoms with Gasteiger partial charge in [-0.1, -0.05) is 6.07 Å². The minimum atomic E-state index is 0.171. The Labute approximate surface area is 183 Å². The van der Waals surface area contributed by atoms with Crippen LogP contribution in [0.25, 0.3) is 11.0 Å².